The molecule has 0 spiro atoms. The molecule has 134 valence electrons. The Morgan fingerprint density at radius 2 is 1.22 bits per heavy atom. The van der Waals surface area contributed by atoms with E-state index in [4.69, 9.17) is 0 Å². The molecule has 23 heavy (non-hydrogen) atoms. The minimum absolute atomic E-state index is 0.151. The summed E-state index contributed by atoms with van der Waals surface area (Å²) in [6.07, 6.45) is 3.94. The van der Waals surface area contributed by atoms with Crippen molar-refractivity contribution in [3.05, 3.63) is 41.7 Å². The normalized spacial score (nSPS) is 8.87. The minimum Gasteiger partial charge on any atom is -0.264 e. The SMILES string of the molecule is CC.CC.CC.CC.Cc1cccc2cncc(C(C)(C)C)c12. The maximum atomic E-state index is 4.32. The molecule has 1 aromatic heterocycles. The molecule has 0 fully saturated rings. The van der Waals surface area contributed by atoms with Gasteiger partial charge in [-0.1, -0.05) is 94.4 Å². The van der Waals surface area contributed by atoms with Gasteiger partial charge in [-0.3, -0.25) is 4.98 Å². The summed E-state index contributed by atoms with van der Waals surface area (Å²) in [6.45, 7) is 24.9. The predicted molar refractivity (Wildman–Crippen MR) is 111 cm³/mol. The zero-order valence-electron chi connectivity index (χ0n) is 17.8. The van der Waals surface area contributed by atoms with Crippen molar-refractivity contribution in [1.82, 2.24) is 4.98 Å². The van der Waals surface area contributed by atoms with Crippen molar-refractivity contribution >= 4 is 10.8 Å². The Bertz CT molecular complexity index is 488. The van der Waals surface area contributed by atoms with E-state index in [1.165, 1.54) is 21.9 Å². The van der Waals surface area contributed by atoms with Gasteiger partial charge in [0.1, 0.15) is 0 Å². The van der Waals surface area contributed by atoms with Crippen LogP contribution in [0.2, 0.25) is 0 Å². The Labute approximate surface area is 146 Å². The number of hydrogen-bond acceptors (Lipinski definition) is 1. The van der Waals surface area contributed by atoms with Gasteiger partial charge in [0.05, 0.1) is 0 Å². The molecule has 1 aromatic carbocycles. The lowest BCUT2D eigenvalue weighted by atomic mass is 9.84. The molecular weight excluding hydrogens is 278 g/mol. The maximum absolute atomic E-state index is 4.32. The summed E-state index contributed by atoms with van der Waals surface area (Å²) >= 11 is 0. The second-order valence-electron chi connectivity index (χ2n) is 5.11. The summed E-state index contributed by atoms with van der Waals surface area (Å²) in [4.78, 5) is 4.32. The van der Waals surface area contributed by atoms with E-state index >= 15 is 0 Å². The van der Waals surface area contributed by atoms with Crippen molar-refractivity contribution in [2.75, 3.05) is 0 Å². The first-order valence-corrected chi connectivity index (χ1v) is 9.34. The molecule has 2 rings (SSSR count). The number of aryl methyl sites for hydroxylation is 1. The molecule has 0 saturated heterocycles. The van der Waals surface area contributed by atoms with Crippen molar-refractivity contribution in [2.45, 2.75) is 88.5 Å². The third-order valence-electron chi connectivity index (χ3n) is 2.80. The van der Waals surface area contributed by atoms with Crippen LogP contribution in [0.4, 0.5) is 0 Å². The van der Waals surface area contributed by atoms with Crippen LogP contribution in [-0.4, -0.2) is 4.98 Å². The third-order valence-corrected chi connectivity index (χ3v) is 2.80. The Hall–Kier alpha value is -1.37. The maximum Gasteiger partial charge on any atom is 0.0346 e. The number of aromatic nitrogens is 1. The molecule has 1 heteroatoms. The highest BCUT2D eigenvalue weighted by molar-refractivity contribution is 5.88. The summed E-state index contributed by atoms with van der Waals surface area (Å²) in [5.41, 5.74) is 2.82. The monoisotopic (exact) mass is 319 g/mol. The highest BCUT2D eigenvalue weighted by atomic mass is 14.6. The number of nitrogens with zero attached hydrogens (tertiary/aromatic N) is 1. The molecule has 0 saturated carbocycles. The first-order chi connectivity index (χ1) is 11.0. The summed E-state index contributed by atoms with van der Waals surface area (Å²) in [5.74, 6) is 0. The van der Waals surface area contributed by atoms with Gasteiger partial charge in [0.25, 0.3) is 0 Å². The van der Waals surface area contributed by atoms with E-state index in [-0.39, 0.29) is 5.41 Å². The molecule has 0 bridgehead atoms. The summed E-state index contributed by atoms with van der Waals surface area (Å²) < 4.78 is 0. The fourth-order valence-corrected chi connectivity index (χ4v) is 1.99. The van der Waals surface area contributed by atoms with E-state index in [1.807, 2.05) is 67.8 Å². The second kappa shape index (κ2) is 15.5. The van der Waals surface area contributed by atoms with Gasteiger partial charge in [0.15, 0.2) is 0 Å². The summed E-state index contributed by atoms with van der Waals surface area (Å²) in [5, 5.41) is 2.60. The van der Waals surface area contributed by atoms with Gasteiger partial charge in [-0.05, 0) is 28.9 Å². The van der Waals surface area contributed by atoms with Gasteiger partial charge in [-0.25, -0.2) is 0 Å². The lowest BCUT2D eigenvalue weighted by Crippen LogP contribution is -2.12. The van der Waals surface area contributed by atoms with Crippen LogP contribution in [0.3, 0.4) is 0 Å². The van der Waals surface area contributed by atoms with Crippen molar-refractivity contribution in [2.24, 2.45) is 0 Å². The van der Waals surface area contributed by atoms with E-state index in [0.29, 0.717) is 0 Å². The van der Waals surface area contributed by atoms with Crippen LogP contribution in [0, 0.1) is 6.92 Å². The smallest absolute Gasteiger partial charge is 0.0346 e. The van der Waals surface area contributed by atoms with E-state index in [9.17, 15) is 0 Å². The van der Waals surface area contributed by atoms with Gasteiger partial charge < -0.3 is 0 Å². The van der Waals surface area contributed by atoms with Gasteiger partial charge in [0, 0.05) is 17.8 Å². The molecule has 1 heterocycles. The quantitative estimate of drug-likeness (QED) is 0.480. The highest BCUT2D eigenvalue weighted by Gasteiger charge is 2.17. The molecule has 0 aliphatic rings. The van der Waals surface area contributed by atoms with Gasteiger partial charge in [-0.2, -0.15) is 0 Å². The van der Waals surface area contributed by atoms with Crippen molar-refractivity contribution in [1.29, 1.82) is 0 Å². The molecular formula is C22H41N. The molecule has 0 aliphatic carbocycles. The van der Waals surface area contributed by atoms with Gasteiger partial charge in [-0.15, -0.1) is 0 Å². The number of pyridine rings is 1. The van der Waals surface area contributed by atoms with Crippen LogP contribution in [0.25, 0.3) is 10.8 Å². The van der Waals surface area contributed by atoms with Gasteiger partial charge in [0.2, 0.25) is 0 Å². The number of fused-ring (bicyclic) bond motifs is 1. The van der Waals surface area contributed by atoms with Crippen LogP contribution < -0.4 is 0 Å². The standard InChI is InChI=1S/C14H17N.4C2H6/c1-10-6-5-7-11-8-15-9-12(13(10)11)14(2,3)4;4*1-2/h5-9H,1-4H3;4*1-2H3. The van der Waals surface area contributed by atoms with Crippen molar-refractivity contribution in [3.8, 4) is 0 Å². The number of rotatable bonds is 0. The summed E-state index contributed by atoms with van der Waals surface area (Å²) in [6, 6.07) is 6.38. The van der Waals surface area contributed by atoms with Crippen molar-refractivity contribution < 1.29 is 0 Å². The molecule has 0 radical (unpaired) electrons. The fraction of sp³-hybridized carbons (Fsp3) is 0.591. The average molecular weight is 320 g/mol. The van der Waals surface area contributed by atoms with E-state index in [0.717, 1.165) is 0 Å². The first-order valence-electron chi connectivity index (χ1n) is 9.34. The lowest BCUT2D eigenvalue weighted by Gasteiger charge is -2.21. The first kappa shape index (κ1) is 26.5. The predicted octanol–water partition coefficient (Wildman–Crippen LogP) is 7.95. The molecule has 0 aliphatic heterocycles. The van der Waals surface area contributed by atoms with Crippen LogP contribution in [0.5, 0.6) is 0 Å². The minimum atomic E-state index is 0.151. The Morgan fingerprint density at radius 3 is 1.65 bits per heavy atom. The van der Waals surface area contributed by atoms with Crippen molar-refractivity contribution in [3.63, 3.8) is 0 Å². The molecule has 0 N–H and O–H groups in total. The zero-order chi connectivity index (χ0) is 19.1. The molecule has 0 amide bonds. The largest absolute Gasteiger partial charge is 0.264 e. The lowest BCUT2D eigenvalue weighted by molar-refractivity contribution is 0.593. The third kappa shape index (κ3) is 8.74. The zero-order valence-corrected chi connectivity index (χ0v) is 17.8. The van der Waals surface area contributed by atoms with Crippen LogP contribution in [0.1, 0.15) is 87.3 Å². The second-order valence-corrected chi connectivity index (χ2v) is 5.11. The highest BCUT2D eigenvalue weighted by Crippen LogP contribution is 2.30. The Kier molecular flexibility index (Phi) is 17.9. The van der Waals surface area contributed by atoms with Crippen LogP contribution in [0.15, 0.2) is 30.6 Å². The van der Waals surface area contributed by atoms with E-state index < -0.39 is 0 Å². The summed E-state index contributed by atoms with van der Waals surface area (Å²) in [7, 11) is 0. The average Bonchev–Trinajstić information content (AvgIpc) is 2.61. The Balaban J connectivity index is -0.000000438. The van der Waals surface area contributed by atoms with E-state index in [2.05, 4.69) is 50.9 Å². The number of benzene rings is 1. The molecule has 0 atom stereocenters. The fourth-order valence-electron chi connectivity index (χ4n) is 1.99. The molecule has 0 unspecified atom stereocenters. The van der Waals surface area contributed by atoms with E-state index in [1.54, 1.807) is 0 Å². The van der Waals surface area contributed by atoms with Gasteiger partial charge >= 0.3 is 0 Å². The molecule has 2 aromatic rings. The number of hydrogen-bond donors (Lipinski definition) is 0. The molecule has 1 nitrogen and oxygen atoms in total. The Morgan fingerprint density at radius 1 is 0.739 bits per heavy atom. The van der Waals surface area contributed by atoms with Crippen LogP contribution in [-0.2, 0) is 5.41 Å². The van der Waals surface area contributed by atoms with Crippen LogP contribution >= 0.6 is 0 Å². The topological polar surface area (TPSA) is 12.9 Å².